The van der Waals surface area contributed by atoms with Crippen molar-refractivity contribution in [1.82, 2.24) is 19.4 Å². The number of carbonyl (C=O) groups is 2. The van der Waals surface area contributed by atoms with Crippen LogP contribution in [0.15, 0.2) is 60.7 Å². The smallest absolute Gasteiger partial charge is 0.304 e. The number of rotatable bonds is 5. The van der Waals surface area contributed by atoms with E-state index in [0.717, 1.165) is 22.7 Å². The highest BCUT2D eigenvalue weighted by molar-refractivity contribution is 7.10. The van der Waals surface area contributed by atoms with Crippen molar-refractivity contribution in [1.29, 1.82) is 0 Å². The maximum atomic E-state index is 13.1. The molecule has 0 radical (unpaired) electrons. The second kappa shape index (κ2) is 7.46. The Kier molecular flexibility index (Phi) is 4.87. The van der Waals surface area contributed by atoms with Crippen molar-refractivity contribution in [3.05, 3.63) is 81.8 Å². The first-order chi connectivity index (χ1) is 13.1. The lowest BCUT2D eigenvalue weighted by molar-refractivity contribution is -0.129. The minimum Gasteiger partial charge on any atom is -0.304 e. The van der Waals surface area contributed by atoms with Gasteiger partial charge in [-0.15, -0.1) is 5.10 Å². The molecule has 2 heterocycles. The Morgan fingerprint density at radius 1 is 0.963 bits per heavy atom. The van der Waals surface area contributed by atoms with Gasteiger partial charge in [-0.25, -0.2) is 4.79 Å². The number of aromatic nitrogens is 2. The molecule has 1 aliphatic heterocycles. The van der Waals surface area contributed by atoms with Gasteiger partial charge in [0.2, 0.25) is 0 Å². The van der Waals surface area contributed by atoms with Gasteiger partial charge in [0.05, 0.1) is 6.54 Å². The second-order valence-corrected chi connectivity index (χ2v) is 7.48. The van der Waals surface area contributed by atoms with Gasteiger partial charge in [-0.1, -0.05) is 76.8 Å². The largest absolute Gasteiger partial charge is 0.328 e. The highest BCUT2D eigenvalue weighted by atomic mass is 35.5. The van der Waals surface area contributed by atoms with Gasteiger partial charge in [-0.05, 0) is 11.1 Å². The molecule has 1 fully saturated rings. The molecule has 2 aromatic carbocycles. The number of amides is 3. The Labute approximate surface area is 165 Å². The molecule has 1 saturated heterocycles. The molecule has 8 heteroatoms. The third-order valence-corrected chi connectivity index (χ3v) is 5.40. The number of carbonyl (C=O) groups excluding carboxylic acids is 2. The van der Waals surface area contributed by atoms with E-state index in [9.17, 15) is 9.59 Å². The average molecular weight is 399 g/mol. The molecule has 6 nitrogen and oxygen atoms in total. The Balaban J connectivity index is 1.69. The van der Waals surface area contributed by atoms with Gasteiger partial charge in [0.25, 0.3) is 5.91 Å². The number of halogens is 1. The van der Waals surface area contributed by atoms with Crippen molar-refractivity contribution >= 4 is 35.1 Å². The summed E-state index contributed by atoms with van der Waals surface area (Å²) in [4.78, 5) is 29.0. The van der Waals surface area contributed by atoms with Crippen LogP contribution in [0.1, 0.15) is 22.9 Å². The molecule has 0 aliphatic carbocycles. The molecule has 1 atom stereocenters. The summed E-state index contributed by atoms with van der Waals surface area (Å²) < 4.78 is 4.16. The van der Waals surface area contributed by atoms with Gasteiger partial charge in [-0.2, -0.15) is 0 Å². The first kappa shape index (κ1) is 17.6. The van der Waals surface area contributed by atoms with Crippen LogP contribution < -0.4 is 0 Å². The molecule has 4 rings (SSSR count). The standard InChI is InChI=1S/C19H15ClN4O2S/c20-17-15(21-22-27-17)12-24-18(25)16(14-9-5-2-6-10-14)23(19(24)26)11-13-7-3-1-4-8-13/h1-10,16H,11-12H2/t16-/m1/s1. The third-order valence-electron chi connectivity index (χ3n) is 4.42. The third kappa shape index (κ3) is 3.43. The van der Waals surface area contributed by atoms with E-state index in [-0.39, 0.29) is 18.5 Å². The molecule has 1 aliphatic rings. The molecule has 0 unspecified atom stereocenters. The summed E-state index contributed by atoms with van der Waals surface area (Å²) in [5, 5.41) is 3.93. The van der Waals surface area contributed by atoms with Crippen molar-refractivity contribution < 1.29 is 9.59 Å². The highest BCUT2D eigenvalue weighted by Crippen LogP contribution is 2.34. The predicted molar refractivity (Wildman–Crippen MR) is 102 cm³/mol. The number of nitrogens with zero attached hydrogens (tertiary/aromatic N) is 4. The number of hydrogen-bond donors (Lipinski definition) is 0. The fourth-order valence-electron chi connectivity index (χ4n) is 3.12. The van der Waals surface area contributed by atoms with Crippen LogP contribution in [0.5, 0.6) is 0 Å². The van der Waals surface area contributed by atoms with Gasteiger partial charge in [-0.3, -0.25) is 9.69 Å². The van der Waals surface area contributed by atoms with Crippen LogP contribution in [-0.4, -0.2) is 31.3 Å². The Morgan fingerprint density at radius 2 is 1.63 bits per heavy atom. The number of imide groups is 1. The summed E-state index contributed by atoms with van der Waals surface area (Å²) in [6, 6.07) is 17.9. The van der Waals surface area contributed by atoms with E-state index in [2.05, 4.69) is 9.59 Å². The summed E-state index contributed by atoms with van der Waals surface area (Å²) in [6.45, 7) is 0.353. The maximum Gasteiger partial charge on any atom is 0.328 e. The predicted octanol–water partition coefficient (Wildman–Crippen LogP) is 3.90. The van der Waals surface area contributed by atoms with Crippen LogP contribution in [0, 0.1) is 0 Å². The van der Waals surface area contributed by atoms with Crippen molar-refractivity contribution in [2.24, 2.45) is 0 Å². The fraction of sp³-hybridized carbons (Fsp3) is 0.158. The second-order valence-electron chi connectivity index (χ2n) is 6.13. The SMILES string of the molecule is O=C1[C@@H](c2ccccc2)N(Cc2ccccc2)C(=O)N1Cc1nnsc1Cl. The van der Waals surface area contributed by atoms with Gasteiger partial charge in [0, 0.05) is 18.1 Å². The van der Waals surface area contributed by atoms with Crippen LogP contribution in [-0.2, 0) is 17.9 Å². The van der Waals surface area contributed by atoms with Crippen molar-refractivity contribution in [2.75, 3.05) is 0 Å². The monoisotopic (exact) mass is 398 g/mol. The number of hydrogen-bond acceptors (Lipinski definition) is 5. The topological polar surface area (TPSA) is 66.4 Å². The van der Waals surface area contributed by atoms with Crippen LogP contribution in [0.4, 0.5) is 4.79 Å². The van der Waals surface area contributed by atoms with Crippen molar-refractivity contribution in [3.63, 3.8) is 0 Å². The molecule has 3 amide bonds. The molecule has 27 heavy (non-hydrogen) atoms. The van der Waals surface area contributed by atoms with E-state index >= 15 is 0 Å². The molecular weight excluding hydrogens is 384 g/mol. The molecule has 3 aromatic rings. The summed E-state index contributed by atoms with van der Waals surface area (Å²) in [7, 11) is 0. The number of benzene rings is 2. The maximum absolute atomic E-state index is 13.1. The molecule has 0 N–H and O–H groups in total. The van der Waals surface area contributed by atoms with Crippen LogP contribution in [0.25, 0.3) is 0 Å². The lowest BCUT2D eigenvalue weighted by Crippen LogP contribution is -2.32. The van der Waals surface area contributed by atoms with E-state index in [1.165, 1.54) is 4.90 Å². The van der Waals surface area contributed by atoms with E-state index in [0.29, 0.717) is 16.6 Å². The lowest BCUT2D eigenvalue weighted by Gasteiger charge is -2.22. The minimum atomic E-state index is -0.677. The van der Waals surface area contributed by atoms with Crippen LogP contribution in [0.3, 0.4) is 0 Å². The normalized spacial score (nSPS) is 17.0. The Hall–Kier alpha value is -2.77. The Bertz CT molecular complexity index is 964. The molecule has 136 valence electrons. The average Bonchev–Trinajstić information content (AvgIpc) is 3.20. The molecular formula is C19H15ClN4O2S. The first-order valence-corrected chi connectivity index (χ1v) is 9.48. The molecule has 0 saturated carbocycles. The quantitative estimate of drug-likeness (QED) is 0.611. The summed E-state index contributed by atoms with van der Waals surface area (Å²) >= 11 is 7.10. The van der Waals surface area contributed by atoms with Gasteiger partial charge >= 0.3 is 6.03 Å². The van der Waals surface area contributed by atoms with Gasteiger partial charge in [0.15, 0.2) is 0 Å². The van der Waals surface area contributed by atoms with Gasteiger partial charge < -0.3 is 4.90 Å². The summed E-state index contributed by atoms with van der Waals surface area (Å²) in [5.74, 6) is -0.286. The lowest BCUT2D eigenvalue weighted by atomic mass is 10.1. The number of urea groups is 1. The van der Waals surface area contributed by atoms with E-state index in [4.69, 9.17) is 11.6 Å². The van der Waals surface area contributed by atoms with Crippen molar-refractivity contribution in [3.8, 4) is 0 Å². The molecule has 0 spiro atoms. The molecule has 1 aromatic heterocycles. The summed E-state index contributed by atoms with van der Waals surface area (Å²) in [6.07, 6.45) is 0. The van der Waals surface area contributed by atoms with E-state index in [1.54, 1.807) is 4.90 Å². The zero-order valence-corrected chi connectivity index (χ0v) is 15.7. The fourth-order valence-corrected chi connectivity index (χ4v) is 3.74. The first-order valence-electron chi connectivity index (χ1n) is 8.32. The van der Waals surface area contributed by atoms with Crippen LogP contribution >= 0.6 is 23.1 Å². The van der Waals surface area contributed by atoms with E-state index in [1.807, 2.05) is 60.7 Å². The van der Waals surface area contributed by atoms with Crippen LogP contribution in [0.2, 0.25) is 4.34 Å². The highest BCUT2D eigenvalue weighted by Gasteiger charge is 2.46. The van der Waals surface area contributed by atoms with E-state index < -0.39 is 6.04 Å². The zero-order valence-electron chi connectivity index (χ0n) is 14.2. The molecule has 0 bridgehead atoms. The minimum absolute atomic E-state index is 0.0155. The zero-order chi connectivity index (χ0) is 18.8. The van der Waals surface area contributed by atoms with Gasteiger partial charge in [0.1, 0.15) is 16.1 Å². The Morgan fingerprint density at radius 3 is 2.26 bits per heavy atom. The van der Waals surface area contributed by atoms with Crippen molar-refractivity contribution in [2.45, 2.75) is 19.1 Å². The summed E-state index contributed by atoms with van der Waals surface area (Å²) in [5.41, 5.74) is 2.16.